The van der Waals surface area contributed by atoms with Gasteiger partial charge in [-0.2, -0.15) is 0 Å². The van der Waals surface area contributed by atoms with Crippen molar-refractivity contribution >= 4 is 40.2 Å². The van der Waals surface area contributed by atoms with Gasteiger partial charge in [0.25, 0.3) is 5.91 Å². The molecule has 1 amide bonds. The third-order valence-electron chi connectivity index (χ3n) is 4.80. The van der Waals surface area contributed by atoms with Crippen molar-refractivity contribution in [3.05, 3.63) is 75.8 Å². The molecule has 3 aromatic rings. The fourth-order valence-electron chi connectivity index (χ4n) is 3.28. The lowest BCUT2D eigenvalue weighted by atomic mass is 10.1. The summed E-state index contributed by atoms with van der Waals surface area (Å²) in [7, 11) is 3.11. The van der Waals surface area contributed by atoms with Gasteiger partial charge in [-0.1, -0.05) is 36.4 Å². The number of aromatic nitrogens is 1. The molecule has 0 saturated carbocycles. The third-order valence-corrected chi connectivity index (χ3v) is 6.64. The SMILES string of the molecule is COc1cccc(OC)c1C(=O)N1CCS/C1=C/c1csc(NCc2ccccc2)n1. The number of anilines is 1. The molecule has 4 rings (SSSR count). The van der Waals surface area contributed by atoms with Crippen LogP contribution in [-0.4, -0.2) is 42.3 Å². The molecule has 2 heterocycles. The van der Waals surface area contributed by atoms with E-state index in [-0.39, 0.29) is 5.91 Å². The van der Waals surface area contributed by atoms with Crippen molar-refractivity contribution in [2.75, 3.05) is 31.8 Å². The summed E-state index contributed by atoms with van der Waals surface area (Å²) in [6.07, 6.45) is 1.96. The fourth-order valence-corrected chi connectivity index (χ4v) is 4.97. The Kier molecular flexibility index (Phi) is 6.79. The molecule has 31 heavy (non-hydrogen) atoms. The van der Waals surface area contributed by atoms with E-state index in [0.29, 0.717) is 23.6 Å². The number of amides is 1. The minimum atomic E-state index is -0.136. The molecule has 1 N–H and O–H groups in total. The molecule has 0 spiro atoms. The van der Waals surface area contributed by atoms with Crippen LogP contribution in [0.15, 0.2) is 58.9 Å². The number of nitrogens with one attached hydrogen (secondary N) is 1. The molecule has 0 bridgehead atoms. The Labute approximate surface area is 189 Å². The molecular weight excluding hydrogens is 430 g/mol. The van der Waals surface area contributed by atoms with Crippen LogP contribution in [-0.2, 0) is 6.54 Å². The van der Waals surface area contributed by atoms with Gasteiger partial charge >= 0.3 is 0 Å². The number of nitrogens with zero attached hydrogens (tertiary/aromatic N) is 2. The highest BCUT2D eigenvalue weighted by molar-refractivity contribution is 8.03. The standard InChI is InChI=1S/C23H23N3O3S2/c1-28-18-9-6-10-19(29-2)21(18)22(27)26-11-12-30-20(26)13-17-15-31-23(25-17)24-14-16-7-4-3-5-8-16/h3-10,13,15H,11-12,14H2,1-2H3,(H,24,25)/b20-13+. The Bertz CT molecular complexity index is 1060. The van der Waals surface area contributed by atoms with Gasteiger partial charge in [0.15, 0.2) is 5.13 Å². The van der Waals surface area contributed by atoms with Gasteiger partial charge in [0.1, 0.15) is 17.1 Å². The van der Waals surface area contributed by atoms with E-state index >= 15 is 0 Å². The molecule has 2 aromatic carbocycles. The quantitative estimate of drug-likeness (QED) is 0.546. The zero-order chi connectivity index (χ0) is 21.6. The Morgan fingerprint density at radius 1 is 1.13 bits per heavy atom. The molecule has 160 valence electrons. The van der Waals surface area contributed by atoms with Crippen molar-refractivity contribution in [3.63, 3.8) is 0 Å². The van der Waals surface area contributed by atoms with Gasteiger partial charge in [-0.15, -0.1) is 23.1 Å². The first-order chi connectivity index (χ1) is 15.2. The number of hydrogen-bond acceptors (Lipinski definition) is 7. The Balaban J connectivity index is 1.51. The van der Waals surface area contributed by atoms with Gasteiger partial charge < -0.3 is 19.7 Å². The molecule has 1 saturated heterocycles. The Morgan fingerprint density at radius 3 is 2.58 bits per heavy atom. The molecular formula is C23H23N3O3S2. The number of thiazole rings is 1. The molecule has 1 aromatic heterocycles. The van der Waals surface area contributed by atoms with Crippen LogP contribution in [0.1, 0.15) is 21.6 Å². The van der Waals surface area contributed by atoms with Crippen LogP contribution in [0.5, 0.6) is 11.5 Å². The summed E-state index contributed by atoms with van der Waals surface area (Å²) in [4.78, 5) is 19.8. The normalized spacial score (nSPS) is 14.6. The van der Waals surface area contributed by atoms with Crippen LogP contribution in [0.3, 0.4) is 0 Å². The molecule has 8 heteroatoms. The van der Waals surface area contributed by atoms with Crippen molar-refractivity contribution < 1.29 is 14.3 Å². The zero-order valence-corrected chi connectivity index (χ0v) is 19.0. The first kappa shape index (κ1) is 21.3. The summed E-state index contributed by atoms with van der Waals surface area (Å²) in [5.74, 6) is 1.70. The second-order valence-electron chi connectivity index (χ2n) is 6.74. The summed E-state index contributed by atoms with van der Waals surface area (Å²) >= 11 is 3.19. The molecule has 1 fully saturated rings. The molecule has 0 unspecified atom stereocenters. The van der Waals surface area contributed by atoms with Gasteiger partial charge in [-0.05, 0) is 23.8 Å². The second-order valence-corrected chi connectivity index (χ2v) is 8.72. The van der Waals surface area contributed by atoms with Crippen LogP contribution < -0.4 is 14.8 Å². The minimum absolute atomic E-state index is 0.136. The van der Waals surface area contributed by atoms with E-state index in [0.717, 1.165) is 28.2 Å². The second kappa shape index (κ2) is 9.89. The van der Waals surface area contributed by atoms with Gasteiger partial charge in [-0.25, -0.2) is 4.98 Å². The average molecular weight is 454 g/mol. The number of ether oxygens (including phenoxy) is 2. The van der Waals surface area contributed by atoms with Gasteiger partial charge in [0.05, 0.1) is 24.9 Å². The smallest absolute Gasteiger partial charge is 0.266 e. The highest BCUT2D eigenvalue weighted by Gasteiger charge is 2.29. The minimum Gasteiger partial charge on any atom is -0.496 e. The van der Waals surface area contributed by atoms with Crippen LogP contribution in [0.25, 0.3) is 6.08 Å². The summed E-state index contributed by atoms with van der Waals surface area (Å²) in [5, 5.41) is 7.07. The maximum absolute atomic E-state index is 13.4. The van der Waals surface area contributed by atoms with Gasteiger partial charge in [-0.3, -0.25) is 4.79 Å². The van der Waals surface area contributed by atoms with Gasteiger partial charge in [0, 0.05) is 24.2 Å². The highest BCUT2D eigenvalue weighted by Crippen LogP contribution is 2.36. The number of benzene rings is 2. The first-order valence-electron chi connectivity index (χ1n) is 9.80. The molecule has 6 nitrogen and oxygen atoms in total. The van der Waals surface area contributed by atoms with E-state index in [2.05, 4.69) is 22.4 Å². The number of hydrogen-bond donors (Lipinski definition) is 1. The highest BCUT2D eigenvalue weighted by atomic mass is 32.2. The summed E-state index contributed by atoms with van der Waals surface area (Å²) in [6.45, 7) is 1.34. The van der Waals surface area contributed by atoms with Crippen molar-refractivity contribution in [1.82, 2.24) is 9.88 Å². The monoisotopic (exact) mass is 453 g/mol. The molecule has 0 aliphatic carbocycles. The van der Waals surface area contributed by atoms with E-state index < -0.39 is 0 Å². The molecule has 0 radical (unpaired) electrons. The predicted molar refractivity (Wildman–Crippen MR) is 127 cm³/mol. The topological polar surface area (TPSA) is 63.7 Å². The van der Waals surface area contributed by atoms with Crippen molar-refractivity contribution in [1.29, 1.82) is 0 Å². The predicted octanol–water partition coefficient (Wildman–Crippen LogP) is 4.96. The van der Waals surface area contributed by atoms with E-state index in [9.17, 15) is 4.79 Å². The van der Waals surface area contributed by atoms with Crippen LogP contribution in [0, 0.1) is 0 Å². The first-order valence-corrected chi connectivity index (χ1v) is 11.7. The largest absolute Gasteiger partial charge is 0.496 e. The zero-order valence-electron chi connectivity index (χ0n) is 17.3. The Morgan fingerprint density at radius 2 is 1.87 bits per heavy atom. The van der Waals surface area contributed by atoms with Crippen LogP contribution in [0.4, 0.5) is 5.13 Å². The van der Waals surface area contributed by atoms with Crippen LogP contribution >= 0.6 is 23.1 Å². The summed E-state index contributed by atoms with van der Waals surface area (Å²) in [6, 6.07) is 15.6. The van der Waals surface area contributed by atoms with Crippen molar-refractivity contribution in [2.24, 2.45) is 0 Å². The lowest BCUT2D eigenvalue weighted by Crippen LogP contribution is -2.27. The van der Waals surface area contributed by atoms with E-state index in [1.54, 1.807) is 54.4 Å². The fraction of sp³-hybridized carbons (Fsp3) is 0.217. The van der Waals surface area contributed by atoms with E-state index in [1.807, 2.05) is 35.7 Å². The number of carbonyl (C=O) groups is 1. The number of carbonyl (C=O) groups excluding carboxylic acids is 1. The maximum atomic E-state index is 13.4. The van der Waals surface area contributed by atoms with Gasteiger partial charge in [0.2, 0.25) is 0 Å². The van der Waals surface area contributed by atoms with E-state index in [4.69, 9.17) is 9.47 Å². The summed E-state index contributed by atoms with van der Waals surface area (Å²) < 4.78 is 10.8. The van der Waals surface area contributed by atoms with Crippen LogP contribution in [0.2, 0.25) is 0 Å². The molecule has 1 aliphatic heterocycles. The van der Waals surface area contributed by atoms with Crippen molar-refractivity contribution in [2.45, 2.75) is 6.54 Å². The van der Waals surface area contributed by atoms with Crippen molar-refractivity contribution in [3.8, 4) is 11.5 Å². The number of rotatable bonds is 7. The number of thioether (sulfide) groups is 1. The Hall–Kier alpha value is -2.97. The lowest BCUT2D eigenvalue weighted by molar-refractivity contribution is 0.0824. The third kappa shape index (κ3) is 4.86. The average Bonchev–Trinajstić information content (AvgIpc) is 3.47. The molecule has 0 atom stereocenters. The molecule has 1 aliphatic rings. The van der Waals surface area contributed by atoms with E-state index in [1.165, 1.54) is 5.56 Å². The summed E-state index contributed by atoms with van der Waals surface area (Å²) in [5.41, 5.74) is 2.46. The lowest BCUT2D eigenvalue weighted by Gasteiger charge is -2.20. The number of methoxy groups -OCH3 is 2. The maximum Gasteiger partial charge on any atom is 0.266 e.